The van der Waals surface area contributed by atoms with Gasteiger partial charge in [0.05, 0.1) is 11.6 Å². The largest absolute Gasteiger partial charge is 0.511 e. The van der Waals surface area contributed by atoms with Crippen LogP contribution in [0.1, 0.15) is 39.2 Å². The van der Waals surface area contributed by atoms with Gasteiger partial charge in [-0.3, -0.25) is 4.79 Å². The molecule has 2 aromatic heterocycles. The topological polar surface area (TPSA) is 111 Å². The van der Waals surface area contributed by atoms with Gasteiger partial charge in [0, 0.05) is 24.7 Å². The molecule has 0 spiro atoms. The maximum atomic E-state index is 14.9. The number of ether oxygens (including phenoxy) is 1. The van der Waals surface area contributed by atoms with Crippen molar-refractivity contribution in [2.75, 3.05) is 18.0 Å². The Morgan fingerprint density at radius 2 is 2.11 bits per heavy atom. The lowest BCUT2D eigenvalue weighted by Crippen LogP contribution is -2.42. The van der Waals surface area contributed by atoms with Gasteiger partial charge in [-0.25, -0.2) is 14.2 Å². The van der Waals surface area contributed by atoms with E-state index in [4.69, 9.17) is 10.8 Å². The van der Waals surface area contributed by atoms with Crippen molar-refractivity contribution >= 4 is 23.0 Å². The number of carboxylic acid groups (broad SMARTS) is 1. The Hall–Kier alpha value is -2.68. The molecule has 1 saturated carbocycles. The molecule has 150 valence electrons. The second kappa shape index (κ2) is 6.44. The van der Waals surface area contributed by atoms with Crippen LogP contribution >= 0.6 is 0 Å². The smallest absolute Gasteiger partial charge is 0.449 e. The van der Waals surface area contributed by atoms with Gasteiger partial charge in [0.2, 0.25) is 5.43 Å². The second-order valence-electron chi connectivity index (χ2n) is 8.25. The highest BCUT2D eigenvalue weighted by molar-refractivity contribution is 5.80. The SMILES string of the molecule is CC(C)(N)C1CCN(c2nc3c(cc2F)c(=O)c(OC(=O)O)cn3C2CC2)C1. The Morgan fingerprint density at radius 1 is 1.39 bits per heavy atom. The molecule has 28 heavy (non-hydrogen) atoms. The van der Waals surface area contributed by atoms with Crippen LogP contribution in [0, 0.1) is 11.7 Å². The minimum atomic E-state index is -1.59. The van der Waals surface area contributed by atoms with E-state index in [9.17, 15) is 14.0 Å². The van der Waals surface area contributed by atoms with Crippen LogP contribution in [-0.4, -0.2) is 39.4 Å². The zero-order valence-electron chi connectivity index (χ0n) is 15.8. The number of anilines is 1. The van der Waals surface area contributed by atoms with E-state index in [1.165, 1.54) is 6.20 Å². The normalized spacial score (nSPS) is 20.0. The predicted molar refractivity (Wildman–Crippen MR) is 101 cm³/mol. The summed E-state index contributed by atoms with van der Waals surface area (Å²) in [6, 6.07) is 1.23. The molecule has 3 N–H and O–H groups in total. The number of halogens is 1. The molecule has 1 aliphatic heterocycles. The molecule has 1 saturated heterocycles. The Balaban J connectivity index is 1.81. The molecule has 0 bridgehead atoms. The van der Waals surface area contributed by atoms with Gasteiger partial charge in [0.1, 0.15) is 5.65 Å². The number of pyridine rings is 2. The summed E-state index contributed by atoms with van der Waals surface area (Å²) in [4.78, 5) is 29.8. The second-order valence-corrected chi connectivity index (χ2v) is 8.25. The van der Waals surface area contributed by atoms with Gasteiger partial charge < -0.3 is 25.0 Å². The number of rotatable bonds is 4. The van der Waals surface area contributed by atoms with E-state index in [-0.39, 0.29) is 34.5 Å². The standard InChI is InChI=1S/C19H23FN4O4/c1-19(2,21)10-5-6-23(8-10)17-13(20)7-12-15(25)14(28-18(26)27)9-24(11-3-4-11)16(12)22-17/h7,9-11H,3-6,8,21H2,1-2H3,(H,26,27). The quantitative estimate of drug-likeness (QED) is 0.772. The van der Waals surface area contributed by atoms with Crippen molar-refractivity contribution < 1.29 is 19.0 Å². The van der Waals surface area contributed by atoms with Crippen LogP contribution < -0.4 is 20.8 Å². The maximum absolute atomic E-state index is 14.9. The molecule has 0 amide bonds. The molecule has 1 atom stereocenters. The highest BCUT2D eigenvalue weighted by Gasteiger charge is 2.34. The number of aromatic nitrogens is 2. The van der Waals surface area contributed by atoms with Crippen molar-refractivity contribution in [2.45, 2.75) is 44.7 Å². The molecular weight excluding hydrogens is 367 g/mol. The highest BCUT2D eigenvalue weighted by atomic mass is 19.1. The number of nitrogens with two attached hydrogens (primary N) is 1. The van der Waals surface area contributed by atoms with Crippen LogP contribution in [0.3, 0.4) is 0 Å². The zero-order valence-corrected chi connectivity index (χ0v) is 15.8. The summed E-state index contributed by atoms with van der Waals surface area (Å²) in [6.07, 6.45) is 2.37. The summed E-state index contributed by atoms with van der Waals surface area (Å²) in [5.74, 6) is -0.553. The van der Waals surface area contributed by atoms with E-state index in [1.54, 1.807) is 4.57 Å². The third-order valence-electron chi connectivity index (χ3n) is 5.58. The summed E-state index contributed by atoms with van der Waals surface area (Å²) >= 11 is 0. The number of hydrogen-bond donors (Lipinski definition) is 2. The van der Waals surface area contributed by atoms with Gasteiger partial charge in [-0.1, -0.05) is 0 Å². The minimum absolute atomic E-state index is 0.0156. The summed E-state index contributed by atoms with van der Waals surface area (Å²) in [5.41, 5.74) is 5.50. The maximum Gasteiger partial charge on any atom is 0.511 e. The average Bonchev–Trinajstić information content (AvgIpc) is 3.31. The predicted octanol–water partition coefficient (Wildman–Crippen LogP) is 2.49. The Bertz CT molecular complexity index is 1010. The van der Waals surface area contributed by atoms with E-state index in [0.29, 0.717) is 18.7 Å². The average molecular weight is 390 g/mol. The number of fused-ring (bicyclic) bond motifs is 1. The van der Waals surface area contributed by atoms with Crippen LogP contribution in [0.2, 0.25) is 0 Å². The molecule has 3 heterocycles. The molecule has 1 aliphatic carbocycles. The molecule has 2 fully saturated rings. The summed E-state index contributed by atoms with van der Waals surface area (Å²) < 4.78 is 21.2. The van der Waals surface area contributed by atoms with Crippen molar-refractivity contribution in [3.05, 3.63) is 28.3 Å². The molecular formula is C19H23FN4O4. The minimum Gasteiger partial charge on any atom is -0.449 e. The van der Waals surface area contributed by atoms with E-state index in [1.807, 2.05) is 18.7 Å². The first-order valence-corrected chi connectivity index (χ1v) is 9.35. The van der Waals surface area contributed by atoms with Gasteiger partial charge in [0.25, 0.3) is 0 Å². The molecule has 9 heteroatoms. The first kappa shape index (κ1) is 18.7. The molecule has 2 aliphatic rings. The highest BCUT2D eigenvalue weighted by Crippen LogP contribution is 2.38. The molecule has 0 aromatic carbocycles. The van der Waals surface area contributed by atoms with Gasteiger partial charge in [0.15, 0.2) is 17.4 Å². The third-order valence-corrected chi connectivity index (χ3v) is 5.58. The van der Waals surface area contributed by atoms with E-state index >= 15 is 0 Å². The lowest BCUT2D eigenvalue weighted by molar-refractivity contribution is 0.143. The number of hydrogen-bond acceptors (Lipinski definition) is 6. The van der Waals surface area contributed by atoms with E-state index < -0.39 is 17.4 Å². The summed E-state index contributed by atoms with van der Waals surface area (Å²) in [7, 11) is 0. The van der Waals surface area contributed by atoms with Crippen molar-refractivity contribution in [1.29, 1.82) is 0 Å². The molecule has 1 unspecified atom stereocenters. The van der Waals surface area contributed by atoms with Crippen LogP contribution in [0.4, 0.5) is 15.0 Å². The fraction of sp³-hybridized carbons (Fsp3) is 0.526. The first-order chi connectivity index (χ1) is 13.1. The van der Waals surface area contributed by atoms with E-state index in [0.717, 1.165) is 25.3 Å². The fourth-order valence-electron chi connectivity index (χ4n) is 3.79. The van der Waals surface area contributed by atoms with Crippen LogP contribution in [-0.2, 0) is 0 Å². The van der Waals surface area contributed by atoms with Crippen molar-refractivity contribution in [3.63, 3.8) is 0 Å². The van der Waals surface area contributed by atoms with Crippen LogP contribution in [0.5, 0.6) is 5.75 Å². The number of nitrogens with zero attached hydrogens (tertiary/aromatic N) is 3. The molecule has 2 aromatic rings. The third kappa shape index (κ3) is 3.30. The van der Waals surface area contributed by atoms with Gasteiger partial charge in [-0.2, -0.15) is 0 Å². The monoisotopic (exact) mass is 390 g/mol. The Morgan fingerprint density at radius 3 is 2.68 bits per heavy atom. The molecule has 8 nitrogen and oxygen atoms in total. The van der Waals surface area contributed by atoms with Gasteiger partial charge in [-0.05, 0) is 45.1 Å². The zero-order chi connectivity index (χ0) is 20.2. The van der Waals surface area contributed by atoms with Crippen molar-refractivity contribution in [1.82, 2.24) is 9.55 Å². The Labute approximate surface area is 160 Å². The molecule has 4 rings (SSSR count). The van der Waals surface area contributed by atoms with Crippen LogP contribution in [0.15, 0.2) is 17.1 Å². The Kier molecular flexibility index (Phi) is 4.29. The fourth-order valence-corrected chi connectivity index (χ4v) is 3.79. The lowest BCUT2D eigenvalue weighted by atomic mass is 9.88. The summed E-state index contributed by atoms with van der Waals surface area (Å²) in [6.45, 7) is 5.14. The van der Waals surface area contributed by atoms with Crippen molar-refractivity contribution in [3.8, 4) is 5.75 Å². The number of carbonyl (C=O) groups is 1. The summed E-state index contributed by atoms with van der Waals surface area (Å²) in [5, 5.41) is 8.88. The van der Waals surface area contributed by atoms with Crippen LogP contribution in [0.25, 0.3) is 11.0 Å². The van der Waals surface area contributed by atoms with E-state index in [2.05, 4.69) is 9.72 Å². The first-order valence-electron chi connectivity index (χ1n) is 9.35. The van der Waals surface area contributed by atoms with Gasteiger partial charge in [-0.15, -0.1) is 0 Å². The van der Waals surface area contributed by atoms with Crippen molar-refractivity contribution in [2.24, 2.45) is 11.7 Å². The van der Waals surface area contributed by atoms with Gasteiger partial charge >= 0.3 is 6.16 Å². The lowest BCUT2D eigenvalue weighted by Gasteiger charge is -2.27. The molecule has 0 radical (unpaired) electrons.